The minimum atomic E-state index is -0.500. The second-order valence-corrected chi connectivity index (χ2v) is 5.00. The van der Waals surface area contributed by atoms with Gasteiger partial charge >= 0.3 is 0 Å². The van der Waals surface area contributed by atoms with Crippen molar-refractivity contribution in [1.29, 1.82) is 5.26 Å². The van der Waals surface area contributed by atoms with Crippen LogP contribution in [0, 0.1) is 11.3 Å². The lowest BCUT2D eigenvalue weighted by Crippen LogP contribution is -2.26. The van der Waals surface area contributed by atoms with Crippen molar-refractivity contribution >= 4 is 0 Å². The van der Waals surface area contributed by atoms with Crippen LogP contribution >= 0.6 is 0 Å². The molecule has 3 heteroatoms. The van der Waals surface area contributed by atoms with Crippen molar-refractivity contribution in [2.45, 2.75) is 12.1 Å². The zero-order chi connectivity index (χ0) is 15.2. The van der Waals surface area contributed by atoms with Crippen molar-refractivity contribution in [1.82, 2.24) is 5.32 Å². The Hall–Kier alpha value is -2.83. The zero-order valence-corrected chi connectivity index (χ0v) is 12.0. The van der Waals surface area contributed by atoms with Crippen LogP contribution in [0.15, 0.2) is 83.5 Å². The highest BCUT2D eigenvalue weighted by Gasteiger charge is 2.21. The Bertz CT molecular complexity index is 691. The third-order valence-corrected chi connectivity index (χ3v) is 3.56. The first-order valence-corrected chi connectivity index (χ1v) is 7.17. The van der Waals surface area contributed by atoms with Crippen molar-refractivity contribution in [3.05, 3.63) is 95.9 Å². The van der Waals surface area contributed by atoms with E-state index in [1.165, 1.54) is 0 Å². The van der Waals surface area contributed by atoms with E-state index in [0.29, 0.717) is 5.76 Å². The predicted octanol–water partition coefficient (Wildman–Crippen LogP) is 4.22. The van der Waals surface area contributed by atoms with Crippen LogP contribution in [0.4, 0.5) is 0 Å². The van der Waals surface area contributed by atoms with Crippen LogP contribution in [0.5, 0.6) is 0 Å². The van der Waals surface area contributed by atoms with Gasteiger partial charge in [0.2, 0.25) is 0 Å². The average molecular weight is 288 g/mol. The van der Waals surface area contributed by atoms with Crippen molar-refractivity contribution in [3.63, 3.8) is 0 Å². The predicted molar refractivity (Wildman–Crippen MR) is 84.9 cm³/mol. The second-order valence-electron chi connectivity index (χ2n) is 5.00. The number of nitriles is 1. The molecule has 3 nitrogen and oxygen atoms in total. The van der Waals surface area contributed by atoms with Gasteiger partial charge in [-0.15, -0.1) is 0 Å². The summed E-state index contributed by atoms with van der Waals surface area (Å²) in [5.41, 5.74) is 2.22. The lowest BCUT2D eigenvalue weighted by atomic mass is 9.97. The Labute approximate surface area is 129 Å². The van der Waals surface area contributed by atoms with Crippen LogP contribution in [0.1, 0.15) is 29.0 Å². The minimum absolute atomic E-state index is 0.0721. The Balaban J connectivity index is 1.94. The monoisotopic (exact) mass is 288 g/mol. The SMILES string of the molecule is N#C[C@H](NC(c1ccccc1)c1ccccc1)c1ccco1. The number of hydrogen-bond donors (Lipinski definition) is 1. The summed E-state index contributed by atoms with van der Waals surface area (Å²) in [6, 6.07) is 25.5. The maximum atomic E-state index is 9.47. The first-order chi connectivity index (χ1) is 10.9. The number of nitrogens with zero attached hydrogens (tertiary/aromatic N) is 1. The van der Waals surface area contributed by atoms with Crippen LogP contribution in [0.3, 0.4) is 0 Å². The fourth-order valence-corrected chi connectivity index (χ4v) is 2.48. The molecule has 0 aliphatic heterocycles. The van der Waals surface area contributed by atoms with E-state index in [2.05, 4.69) is 35.7 Å². The molecule has 0 amide bonds. The topological polar surface area (TPSA) is 49.0 Å². The lowest BCUT2D eigenvalue weighted by molar-refractivity contribution is 0.439. The summed E-state index contributed by atoms with van der Waals surface area (Å²) in [6.07, 6.45) is 1.58. The molecule has 108 valence electrons. The van der Waals surface area contributed by atoms with Crippen LogP contribution in [0.2, 0.25) is 0 Å². The molecule has 0 bridgehead atoms. The van der Waals surface area contributed by atoms with Gasteiger partial charge in [0, 0.05) is 0 Å². The summed E-state index contributed by atoms with van der Waals surface area (Å²) < 4.78 is 5.37. The highest BCUT2D eigenvalue weighted by atomic mass is 16.3. The number of furan rings is 1. The van der Waals surface area contributed by atoms with E-state index < -0.39 is 6.04 Å². The Morgan fingerprint density at radius 1 is 0.818 bits per heavy atom. The molecular formula is C19H16N2O. The van der Waals surface area contributed by atoms with Crippen LogP contribution in [0.25, 0.3) is 0 Å². The van der Waals surface area contributed by atoms with Gasteiger partial charge in [-0.2, -0.15) is 5.26 Å². The van der Waals surface area contributed by atoms with Gasteiger partial charge in [-0.05, 0) is 23.3 Å². The van der Waals surface area contributed by atoms with E-state index in [-0.39, 0.29) is 6.04 Å². The summed E-state index contributed by atoms with van der Waals surface area (Å²) in [5, 5.41) is 12.9. The molecular weight excluding hydrogens is 272 g/mol. The van der Waals surface area contributed by atoms with Gasteiger partial charge in [-0.1, -0.05) is 60.7 Å². The number of nitrogens with one attached hydrogen (secondary N) is 1. The van der Waals surface area contributed by atoms with Crippen molar-refractivity contribution in [2.75, 3.05) is 0 Å². The van der Waals surface area contributed by atoms with Gasteiger partial charge in [0.1, 0.15) is 5.76 Å². The molecule has 0 spiro atoms. The smallest absolute Gasteiger partial charge is 0.155 e. The van der Waals surface area contributed by atoms with E-state index >= 15 is 0 Å². The first kappa shape index (κ1) is 14.1. The molecule has 1 heterocycles. The Morgan fingerprint density at radius 3 is 1.86 bits per heavy atom. The molecule has 0 unspecified atom stereocenters. The highest BCUT2D eigenvalue weighted by molar-refractivity contribution is 5.32. The van der Waals surface area contributed by atoms with E-state index in [4.69, 9.17) is 4.42 Å². The lowest BCUT2D eigenvalue weighted by Gasteiger charge is -2.22. The summed E-state index contributed by atoms with van der Waals surface area (Å²) in [4.78, 5) is 0. The number of rotatable bonds is 5. The molecule has 22 heavy (non-hydrogen) atoms. The second kappa shape index (κ2) is 6.75. The van der Waals surface area contributed by atoms with Gasteiger partial charge in [-0.25, -0.2) is 0 Å². The normalized spacial score (nSPS) is 12.0. The molecule has 2 aromatic carbocycles. The van der Waals surface area contributed by atoms with Crippen molar-refractivity contribution in [2.24, 2.45) is 0 Å². The van der Waals surface area contributed by atoms with Crippen LogP contribution in [-0.4, -0.2) is 0 Å². The van der Waals surface area contributed by atoms with Crippen molar-refractivity contribution < 1.29 is 4.42 Å². The summed E-state index contributed by atoms with van der Waals surface area (Å²) >= 11 is 0. The Morgan fingerprint density at radius 2 is 1.41 bits per heavy atom. The van der Waals surface area contributed by atoms with E-state index in [1.807, 2.05) is 42.5 Å². The molecule has 1 atom stereocenters. The third kappa shape index (κ3) is 3.08. The van der Waals surface area contributed by atoms with Gasteiger partial charge in [0.25, 0.3) is 0 Å². The van der Waals surface area contributed by atoms with Crippen LogP contribution in [-0.2, 0) is 0 Å². The summed E-state index contributed by atoms with van der Waals surface area (Å²) in [6.45, 7) is 0. The van der Waals surface area contributed by atoms with E-state index in [9.17, 15) is 5.26 Å². The molecule has 0 fully saturated rings. The molecule has 0 saturated carbocycles. The van der Waals surface area contributed by atoms with Gasteiger partial charge in [-0.3, -0.25) is 5.32 Å². The molecule has 1 N–H and O–H groups in total. The van der Waals surface area contributed by atoms with Gasteiger partial charge < -0.3 is 4.42 Å². The fourth-order valence-electron chi connectivity index (χ4n) is 2.48. The molecule has 0 aliphatic carbocycles. The average Bonchev–Trinajstić information content (AvgIpc) is 3.12. The Kier molecular flexibility index (Phi) is 4.33. The van der Waals surface area contributed by atoms with Gasteiger partial charge in [0.05, 0.1) is 18.4 Å². The molecule has 3 rings (SSSR count). The summed E-state index contributed by atoms with van der Waals surface area (Å²) in [7, 11) is 0. The fraction of sp³-hybridized carbons (Fsp3) is 0.105. The third-order valence-electron chi connectivity index (χ3n) is 3.56. The maximum Gasteiger partial charge on any atom is 0.155 e. The largest absolute Gasteiger partial charge is 0.467 e. The highest BCUT2D eigenvalue weighted by Crippen LogP contribution is 2.25. The van der Waals surface area contributed by atoms with Crippen molar-refractivity contribution in [3.8, 4) is 6.07 Å². The van der Waals surface area contributed by atoms with Crippen LogP contribution < -0.4 is 5.32 Å². The molecule has 0 saturated heterocycles. The summed E-state index contributed by atoms with van der Waals surface area (Å²) in [5.74, 6) is 0.624. The van der Waals surface area contributed by atoms with E-state index in [1.54, 1.807) is 12.3 Å². The zero-order valence-electron chi connectivity index (χ0n) is 12.0. The standard InChI is InChI=1S/C19H16N2O/c20-14-17(18-12-7-13-22-18)21-19(15-8-3-1-4-9-15)16-10-5-2-6-11-16/h1-13,17,19,21H/t17-/m0/s1. The first-order valence-electron chi connectivity index (χ1n) is 7.17. The van der Waals surface area contributed by atoms with Gasteiger partial charge in [0.15, 0.2) is 6.04 Å². The number of hydrogen-bond acceptors (Lipinski definition) is 3. The minimum Gasteiger partial charge on any atom is -0.467 e. The quantitative estimate of drug-likeness (QED) is 0.764. The maximum absolute atomic E-state index is 9.47. The molecule has 0 aliphatic rings. The molecule has 0 radical (unpaired) electrons. The van der Waals surface area contributed by atoms with E-state index in [0.717, 1.165) is 11.1 Å². The molecule has 3 aromatic rings. The molecule has 1 aromatic heterocycles. The number of benzene rings is 2.